The largest absolute Gasteiger partial charge is 0.435 e. The summed E-state index contributed by atoms with van der Waals surface area (Å²) in [5, 5.41) is 7.16. The van der Waals surface area contributed by atoms with Gasteiger partial charge < -0.3 is 5.32 Å². The minimum Gasteiger partial charge on any atom is -0.355 e. The first-order valence-electron chi connectivity index (χ1n) is 10.3. The smallest absolute Gasteiger partial charge is 0.355 e. The number of thioether (sulfide) groups is 1. The molecule has 0 radical (unpaired) electrons. The predicted molar refractivity (Wildman–Crippen MR) is 128 cm³/mol. The van der Waals surface area contributed by atoms with Crippen LogP contribution < -0.4 is 5.32 Å². The van der Waals surface area contributed by atoms with Crippen LogP contribution in [0.1, 0.15) is 24.2 Å². The summed E-state index contributed by atoms with van der Waals surface area (Å²) in [4.78, 5) is 18.6. The predicted octanol–water partition coefficient (Wildman–Crippen LogP) is 6.43. The third-order valence-electron chi connectivity index (χ3n) is 5.31. The van der Waals surface area contributed by atoms with Crippen molar-refractivity contribution in [3.05, 3.63) is 75.9 Å². The van der Waals surface area contributed by atoms with Gasteiger partial charge >= 0.3 is 6.18 Å². The van der Waals surface area contributed by atoms with E-state index in [0.29, 0.717) is 28.6 Å². The molecule has 0 spiro atoms. The number of carbonyl (C=O) groups excluding carboxylic acids is 1. The van der Waals surface area contributed by atoms with Gasteiger partial charge in [-0.25, -0.2) is 9.67 Å². The molecule has 11 heteroatoms. The van der Waals surface area contributed by atoms with Gasteiger partial charge in [0.15, 0.2) is 11.5 Å². The Labute approximate surface area is 208 Å². The second-order valence-corrected chi connectivity index (χ2v) is 9.61. The molecule has 1 amide bonds. The average Bonchev–Trinajstić information content (AvgIpc) is 3.22. The molecular weight excluding hydrogens is 508 g/mol. The number of halogens is 5. The molecule has 3 aromatic rings. The molecule has 1 aliphatic rings. The quantitative estimate of drug-likeness (QED) is 0.297. The summed E-state index contributed by atoms with van der Waals surface area (Å²) in [6, 6.07) is 14.4. The summed E-state index contributed by atoms with van der Waals surface area (Å²) < 4.78 is 41.3. The van der Waals surface area contributed by atoms with Crippen LogP contribution in [0.4, 0.5) is 19.0 Å². The SMILES string of the molecule is CC1=Nc2cc(C(F)(F)F)nn2C(c2ccc(Cl)c(Cl)c2)C1C(=O)NCCSc1ccccc1. The van der Waals surface area contributed by atoms with Gasteiger partial charge in [-0.2, -0.15) is 18.3 Å². The fourth-order valence-electron chi connectivity index (χ4n) is 3.76. The van der Waals surface area contributed by atoms with E-state index in [9.17, 15) is 18.0 Å². The summed E-state index contributed by atoms with van der Waals surface area (Å²) >= 11 is 13.8. The number of rotatable bonds is 6. The molecule has 1 aromatic heterocycles. The number of benzene rings is 2. The zero-order valence-corrected chi connectivity index (χ0v) is 20.1. The Kier molecular flexibility index (Phi) is 7.25. The van der Waals surface area contributed by atoms with Crippen molar-refractivity contribution in [2.24, 2.45) is 10.9 Å². The Morgan fingerprint density at radius 1 is 1.12 bits per heavy atom. The number of carbonyl (C=O) groups is 1. The molecule has 2 unspecified atom stereocenters. The van der Waals surface area contributed by atoms with Crippen molar-refractivity contribution in [1.29, 1.82) is 0 Å². The summed E-state index contributed by atoms with van der Waals surface area (Å²) in [5.41, 5.74) is -0.199. The van der Waals surface area contributed by atoms with Crippen molar-refractivity contribution in [2.75, 3.05) is 12.3 Å². The summed E-state index contributed by atoms with van der Waals surface area (Å²) in [6.45, 7) is 1.99. The maximum Gasteiger partial charge on any atom is 0.435 e. The van der Waals surface area contributed by atoms with E-state index in [4.69, 9.17) is 23.2 Å². The molecule has 4 rings (SSSR count). The zero-order chi connectivity index (χ0) is 24.5. The number of amides is 1. The van der Waals surface area contributed by atoms with E-state index in [2.05, 4.69) is 15.4 Å². The van der Waals surface area contributed by atoms with Crippen molar-refractivity contribution in [3.63, 3.8) is 0 Å². The van der Waals surface area contributed by atoms with E-state index in [-0.39, 0.29) is 16.7 Å². The highest BCUT2D eigenvalue weighted by molar-refractivity contribution is 7.99. The van der Waals surface area contributed by atoms with Crippen molar-refractivity contribution >= 4 is 52.4 Å². The van der Waals surface area contributed by atoms with E-state index in [1.807, 2.05) is 30.3 Å². The first-order valence-corrected chi connectivity index (χ1v) is 12.0. The second kappa shape index (κ2) is 10.0. The first kappa shape index (κ1) is 24.6. The van der Waals surface area contributed by atoms with Crippen LogP contribution in [0.15, 0.2) is 64.5 Å². The molecule has 0 bridgehead atoms. The summed E-state index contributed by atoms with van der Waals surface area (Å²) in [7, 11) is 0. The molecule has 2 heterocycles. The third-order valence-corrected chi connectivity index (χ3v) is 7.06. The van der Waals surface area contributed by atoms with Crippen LogP contribution in [-0.4, -0.2) is 33.7 Å². The number of fused-ring (bicyclic) bond motifs is 1. The molecule has 0 aliphatic carbocycles. The van der Waals surface area contributed by atoms with Gasteiger partial charge in [-0.15, -0.1) is 11.8 Å². The lowest BCUT2D eigenvalue weighted by molar-refractivity contribution is -0.141. The Hall–Kier alpha value is -2.49. The number of hydrogen-bond acceptors (Lipinski definition) is 4. The van der Waals surface area contributed by atoms with Crippen LogP contribution in [0.2, 0.25) is 10.0 Å². The van der Waals surface area contributed by atoms with Crippen molar-refractivity contribution in [1.82, 2.24) is 15.1 Å². The fraction of sp³-hybridized carbons (Fsp3) is 0.261. The van der Waals surface area contributed by atoms with E-state index in [1.165, 1.54) is 6.07 Å². The molecule has 2 aromatic carbocycles. The van der Waals surface area contributed by atoms with E-state index >= 15 is 0 Å². The lowest BCUT2D eigenvalue weighted by atomic mass is 9.87. The van der Waals surface area contributed by atoms with Crippen LogP contribution in [0, 0.1) is 5.92 Å². The molecule has 0 saturated carbocycles. The van der Waals surface area contributed by atoms with Gasteiger partial charge in [0, 0.05) is 29.0 Å². The molecule has 1 aliphatic heterocycles. The van der Waals surface area contributed by atoms with Gasteiger partial charge in [0.05, 0.1) is 16.1 Å². The first-order chi connectivity index (χ1) is 16.1. The fourth-order valence-corrected chi connectivity index (χ4v) is 4.86. The van der Waals surface area contributed by atoms with Gasteiger partial charge in [0.2, 0.25) is 5.91 Å². The van der Waals surface area contributed by atoms with Gasteiger partial charge in [0.25, 0.3) is 0 Å². The average molecular weight is 527 g/mol. The topological polar surface area (TPSA) is 59.3 Å². The number of alkyl halides is 3. The van der Waals surface area contributed by atoms with Crippen molar-refractivity contribution in [2.45, 2.75) is 24.0 Å². The highest BCUT2D eigenvalue weighted by Crippen LogP contribution is 2.41. The second-order valence-electron chi connectivity index (χ2n) is 7.63. The van der Waals surface area contributed by atoms with E-state index in [0.717, 1.165) is 15.6 Å². The molecule has 0 saturated heterocycles. The third kappa shape index (κ3) is 5.26. The van der Waals surface area contributed by atoms with Crippen LogP contribution in [0.3, 0.4) is 0 Å². The number of nitrogens with zero attached hydrogens (tertiary/aromatic N) is 3. The molecule has 1 N–H and O–H groups in total. The number of aromatic nitrogens is 2. The Bertz CT molecular complexity index is 1230. The standard InChI is InChI=1S/C23H19Cl2F3N4OS/c1-13-20(22(33)29-9-10-34-15-5-3-2-4-6-15)21(14-7-8-16(24)17(25)11-14)32-19(30-13)12-18(31-32)23(26,27)28/h2-8,11-12,20-21H,9-10H2,1H3,(H,29,33). The van der Waals surface area contributed by atoms with Crippen LogP contribution in [0.25, 0.3) is 0 Å². The Morgan fingerprint density at radius 2 is 1.85 bits per heavy atom. The molecule has 5 nitrogen and oxygen atoms in total. The minimum atomic E-state index is -4.65. The summed E-state index contributed by atoms with van der Waals surface area (Å²) in [6.07, 6.45) is -4.65. The van der Waals surface area contributed by atoms with Gasteiger partial charge in [-0.05, 0) is 36.8 Å². The number of hydrogen-bond donors (Lipinski definition) is 1. The highest BCUT2D eigenvalue weighted by Gasteiger charge is 2.42. The van der Waals surface area contributed by atoms with Gasteiger partial charge in [-0.3, -0.25) is 4.79 Å². The summed E-state index contributed by atoms with van der Waals surface area (Å²) in [5.74, 6) is -0.598. The maximum absolute atomic E-state index is 13.4. The normalized spacial score (nSPS) is 17.8. The van der Waals surface area contributed by atoms with E-state index < -0.39 is 23.8 Å². The van der Waals surface area contributed by atoms with Crippen LogP contribution >= 0.6 is 35.0 Å². The Morgan fingerprint density at radius 3 is 2.53 bits per heavy atom. The van der Waals surface area contributed by atoms with Crippen molar-refractivity contribution in [3.8, 4) is 0 Å². The minimum absolute atomic E-state index is 0.0181. The Balaban J connectivity index is 1.62. The molecule has 0 fully saturated rings. The zero-order valence-electron chi connectivity index (χ0n) is 17.8. The number of aliphatic imine (C=N–C) groups is 1. The number of nitrogens with one attached hydrogen (secondary N) is 1. The lowest BCUT2D eigenvalue weighted by Crippen LogP contribution is -2.43. The van der Waals surface area contributed by atoms with Gasteiger partial charge in [-0.1, -0.05) is 47.5 Å². The molecular formula is C23H19Cl2F3N4OS. The monoisotopic (exact) mass is 526 g/mol. The van der Waals surface area contributed by atoms with Crippen LogP contribution in [0.5, 0.6) is 0 Å². The molecule has 34 heavy (non-hydrogen) atoms. The maximum atomic E-state index is 13.4. The lowest BCUT2D eigenvalue weighted by Gasteiger charge is -2.31. The van der Waals surface area contributed by atoms with E-state index in [1.54, 1.807) is 30.8 Å². The molecule has 2 atom stereocenters. The van der Waals surface area contributed by atoms with Gasteiger partial charge in [0.1, 0.15) is 5.92 Å². The van der Waals surface area contributed by atoms with Crippen molar-refractivity contribution < 1.29 is 18.0 Å². The highest BCUT2D eigenvalue weighted by atomic mass is 35.5. The van der Waals surface area contributed by atoms with Crippen LogP contribution in [-0.2, 0) is 11.0 Å². The molecule has 178 valence electrons.